The molecule has 0 aliphatic rings. The first-order chi connectivity index (χ1) is 10.3. The maximum Gasteiger partial charge on any atom is 0.161 e. The highest BCUT2D eigenvalue weighted by atomic mass is 32.1. The van der Waals surface area contributed by atoms with Crippen LogP contribution >= 0.6 is 12.2 Å². The van der Waals surface area contributed by atoms with Crippen LogP contribution in [0.3, 0.4) is 0 Å². The van der Waals surface area contributed by atoms with Gasteiger partial charge in [-0.05, 0) is 41.9 Å². The minimum atomic E-state index is 0.520. The lowest BCUT2D eigenvalue weighted by Gasteiger charge is -2.12. The Balaban J connectivity index is 2.03. The second-order valence-electron chi connectivity index (χ2n) is 4.48. The number of aliphatic imine (C=N–C) groups is 1. The molecule has 0 heterocycles. The molecule has 0 radical (unpaired) electrons. The van der Waals surface area contributed by atoms with Crippen molar-refractivity contribution in [2.45, 2.75) is 13.0 Å². The Kier molecular flexibility index (Phi) is 5.95. The molecule has 21 heavy (non-hydrogen) atoms. The van der Waals surface area contributed by atoms with Gasteiger partial charge in [0.05, 0.1) is 18.8 Å². The monoisotopic (exact) mass is 299 g/mol. The molecular formula is C17H17NO2S. The van der Waals surface area contributed by atoms with E-state index in [0.29, 0.717) is 13.2 Å². The van der Waals surface area contributed by atoms with Gasteiger partial charge in [-0.3, -0.25) is 0 Å². The molecule has 0 aliphatic heterocycles. The second-order valence-corrected chi connectivity index (χ2v) is 4.67. The van der Waals surface area contributed by atoms with E-state index in [4.69, 9.17) is 9.47 Å². The predicted octanol–water partition coefficient (Wildman–Crippen LogP) is 3.92. The molecule has 0 spiro atoms. The van der Waals surface area contributed by atoms with Crippen LogP contribution in [-0.2, 0) is 13.0 Å². The third-order valence-electron chi connectivity index (χ3n) is 3.04. The third kappa shape index (κ3) is 4.71. The molecule has 0 bridgehead atoms. The molecule has 0 saturated heterocycles. The number of thiocarbonyl (C=S) groups is 1. The van der Waals surface area contributed by atoms with Crippen molar-refractivity contribution < 1.29 is 9.47 Å². The molecule has 0 saturated carbocycles. The molecule has 2 rings (SSSR count). The number of isothiocyanates is 1. The van der Waals surface area contributed by atoms with E-state index >= 15 is 0 Å². The molecule has 3 nitrogen and oxygen atoms in total. The van der Waals surface area contributed by atoms with Gasteiger partial charge in [0.2, 0.25) is 0 Å². The number of nitrogens with zero attached hydrogens (tertiary/aromatic N) is 1. The number of hydrogen-bond donors (Lipinski definition) is 0. The summed E-state index contributed by atoms with van der Waals surface area (Å²) in [4.78, 5) is 3.91. The standard InChI is InChI=1S/C17H17NO2S/c1-19-17-11-14(9-10-18-13-21)7-8-16(17)20-12-15-5-3-2-4-6-15/h2-8,11H,9-10,12H2,1H3. The summed E-state index contributed by atoms with van der Waals surface area (Å²) in [7, 11) is 1.64. The van der Waals surface area contributed by atoms with Gasteiger partial charge in [-0.25, -0.2) is 4.99 Å². The van der Waals surface area contributed by atoms with Crippen LogP contribution < -0.4 is 9.47 Å². The van der Waals surface area contributed by atoms with Crippen LogP contribution in [0.2, 0.25) is 0 Å². The van der Waals surface area contributed by atoms with E-state index in [1.165, 1.54) is 0 Å². The molecule has 2 aromatic rings. The van der Waals surface area contributed by atoms with Crippen LogP contribution in [0.4, 0.5) is 0 Å². The van der Waals surface area contributed by atoms with E-state index in [2.05, 4.69) is 22.4 Å². The lowest BCUT2D eigenvalue weighted by Crippen LogP contribution is -1.99. The maximum absolute atomic E-state index is 5.82. The fraction of sp³-hybridized carbons (Fsp3) is 0.235. The Morgan fingerprint density at radius 2 is 1.86 bits per heavy atom. The van der Waals surface area contributed by atoms with Crippen LogP contribution in [0.1, 0.15) is 11.1 Å². The van der Waals surface area contributed by atoms with Crippen molar-refractivity contribution in [3.8, 4) is 11.5 Å². The lowest BCUT2D eigenvalue weighted by molar-refractivity contribution is 0.284. The van der Waals surface area contributed by atoms with Gasteiger partial charge in [-0.1, -0.05) is 36.4 Å². The highest BCUT2D eigenvalue weighted by Crippen LogP contribution is 2.29. The average molecular weight is 299 g/mol. The highest BCUT2D eigenvalue weighted by molar-refractivity contribution is 7.78. The van der Waals surface area contributed by atoms with Crippen molar-refractivity contribution in [2.75, 3.05) is 13.7 Å². The zero-order valence-electron chi connectivity index (χ0n) is 11.9. The first-order valence-corrected chi connectivity index (χ1v) is 7.11. The minimum absolute atomic E-state index is 0.520. The van der Waals surface area contributed by atoms with Gasteiger partial charge >= 0.3 is 0 Å². The van der Waals surface area contributed by atoms with Gasteiger partial charge < -0.3 is 9.47 Å². The zero-order chi connectivity index (χ0) is 14.9. The van der Waals surface area contributed by atoms with E-state index in [1.54, 1.807) is 7.11 Å². The van der Waals surface area contributed by atoms with Gasteiger partial charge in [0.25, 0.3) is 0 Å². The largest absolute Gasteiger partial charge is 0.493 e. The van der Waals surface area contributed by atoms with E-state index in [-0.39, 0.29) is 0 Å². The molecule has 0 amide bonds. The Hall–Kier alpha value is -2.16. The van der Waals surface area contributed by atoms with Crippen LogP contribution in [0.5, 0.6) is 11.5 Å². The number of rotatable bonds is 7. The summed E-state index contributed by atoms with van der Waals surface area (Å²) in [6, 6.07) is 16.0. The Bertz CT molecular complexity index is 622. The smallest absolute Gasteiger partial charge is 0.161 e. The van der Waals surface area contributed by atoms with E-state index in [0.717, 1.165) is 29.0 Å². The molecule has 0 fully saturated rings. The molecule has 0 aromatic heterocycles. The third-order valence-corrected chi connectivity index (χ3v) is 3.17. The fourth-order valence-electron chi connectivity index (χ4n) is 1.95. The molecule has 4 heteroatoms. The van der Waals surface area contributed by atoms with Crippen LogP contribution in [0.25, 0.3) is 0 Å². The summed E-state index contributed by atoms with van der Waals surface area (Å²) in [5.74, 6) is 1.47. The molecular weight excluding hydrogens is 282 g/mol. The number of ether oxygens (including phenoxy) is 2. The molecule has 108 valence electrons. The van der Waals surface area contributed by atoms with Crippen molar-refractivity contribution in [1.82, 2.24) is 0 Å². The van der Waals surface area contributed by atoms with E-state index in [1.807, 2.05) is 48.5 Å². The zero-order valence-corrected chi connectivity index (χ0v) is 12.7. The van der Waals surface area contributed by atoms with Gasteiger partial charge in [-0.15, -0.1) is 0 Å². The van der Waals surface area contributed by atoms with Gasteiger partial charge in [0, 0.05) is 0 Å². The van der Waals surface area contributed by atoms with Gasteiger partial charge in [0.1, 0.15) is 6.61 Å². The molecule has 0 unspecified atom stereocenters. The fourth-order valence-corrected chi connectivity index (χ4v) is 2.04. The predicted molar refractivity (Wildman–Crippen MR) is 87.4 cm³/mol. The first kappa shape index (κ1) is 15.2. The van der Waals surface area contributed by atoms with Crippen molar-refractivity contribution in [1.29, 1.82) is 0 Å². The van der Waals surface area contributed by atoms with E-state index < -0.39 is 0 Å². The van der Waals surface area contributed by atoms with Crippen molar-refractivity contribution >= 4 is 17.4 Å². The number of methoxy groups -OCH3 is 1. The minimum Gasteiger partial charge on any atom is -0.493 e. The normalized spacial score (nSPS) is 9.76. The quantitative estimate of drug-likeness (QED) is 0.573. The summed E-state index contributed by atoms with van der Waals surface area (Å²) in [5.41, 5.74) is 2.26. The lowest BCUT2D eigenvalue weighted by atomic mass is 10.1. The molecule has 0 N–H and O–H groups in total. The van der Waals surface area contributed by atoms with E-state index in [9.17, 15) is 0 Å². The Morgan fingerprint density at radius 1 is 1.05 bits per heavy atom. The van der Waals surface area contributed by atoms with Crippen molar-refractivity contribution in [3.63, 3.8) is 0 Å². The maximum atomic E-state index is 5.82. The number of hydrogen-bond acceptors (Lipinski definition) is 4. The SMILES string of the molecule is COc1cc(CCN=C=S)ccc1OCc1ccccc1. The molecule has 0 atom stereocenters. The summed E-state index contributed by atoms with van der Waals surface area (Å²) in [5, 5.41) is 2.37. The summed E-state index contributed by atoms with van der Waals surface area (Å²) >= 11 is 4.56. The van der Waals surface area contributed by atoms with Crippen molar-refractivity contribution in [2.24, 2.45) is 4.99 Å². The highest BCUT2D eigenvalue weighted by Gasteiger charge is 2.06. The van der Waals surface area contributed by atoms with Crippen molar-refractivity contribution in [3.05, 3.63) is 59.7 Å². The first-order valence-electron chi connectivity index (χ1n) is 6.70. The van der Waals surface area contributed by atoms with Gasteiger partial charge in [-0.2, -0.15) is 0 Å². The number of benzene rings is 2. The second kappa shape index (κ2) is 8.20. The Labute approximate surface area is 130 Å². The molecule has 2 aromatic carbocycles. The van der Waals surface area contributed by atoms with Crippen LogP contribution in [0.15, 0.2) is 53.5 Å². The van der Waals surface area contributed by atoms with Crippen LogP contribution in [0, 0.1) is 0 Å². The summed E-state index contributed by atoms with van der Waals surface area (Å²) in [6.07, 6.45) is 0.805. The van der Waals surface area contributed by atoms with Gasteiger partial charge in [0.15, 0.2) is 11.5 Å². The topological polar surface area (TPSA) is 30.8 Å². The molecule has 0 aliphatic carbocycles. The summed E-state index contributed by atoms with van der Waals surface area (Å²) < 4.78 is 11.2. The van der Waals surface area contributed by atoms with Crippen LogP contribution in [-0.4, -0.2) is 18.8 Å². The average Bonchev–Trinajstić information content (AvgIpc) is 2.54. The summed E-state index contributed by atoms with van der Waals surface area (Å²) in [6.45, 7) is 1.16. The Morgan fingerprint density at radius 3 is 2.57 bits per heavy atom.